The molecule has 0 saturated carbocycles. The first-order chi connectivity index (χ1) is 13.4. The Labute approximate surface area is 164 Å². The number of Topliss-reactive ketones (excluding diaryl/α,β-unsaturated/α-hetero) is 1. The van der Waals surface area contributed by atoms with Crippen molar-refractivity contribution in [2.45, 2.75) is 20.4 Å². The summed E-state index contributed by atoms with van der Waals surface area (Å²) in [6.07, 6.45) is 1.26. The lowest BCUT2D eigenvalue weighted by Crippen LogP contribution is -2.32. The number of carbonyl (C=O) groups is 3. The van der Waals surface area contributed by atoms with Gasteiger partial charge in [-0.3, -0.25) is 14.4 Å². The van der Waals surface area contributed by atoms with Gasteiger partial charge in [-0.05, 0) is 43.7 Å². The van der Waals surface area contributed by atoms with Crippen LogP contribution in [0.4, 0.5) is 5.69 Å². The number of benzene rings is 2. The van der Waals surface area contributed by atoms with Crippen LogP contribution in [-0.2, 0) is 16.1 Å². The number of hydrogen-bond acceptors (Lipinski definition) is 4. The average molecular weight is 380 g/mol. The molecule has 0 saturated heterocycles. The van der Waals surface area contributed by atoms with Gasteiger partial charge in [0.1, 0.15) is 0 Å². The van der Waals surface area contributed by atoms with E-state index in [9.17, 15) is 19.5 Å². The Balaban J connectivity index is 2.04. The van der Waals surface area contributed by atoms with Crippen LogP contribution in [0.5, 0.6) is 0 Å². The van der Waals surface area contributed by atoms with Crippen LogP contribution in [0.1, 0.15) is 29.8 Å². The third kappa shape index (κ3) is 6.17. The highest BCUT2D eigenvalue weighted by molar-refractivity contribution is 6.07. The van der Waals surface area contributed by atoms with Gasteiger partial charge in [0.25, 0.3) is 5.91 Å². The second kappa shape index (κ2) is 10.2. The molecule has 6 nitrogen and oxygen atoms in total. The van der Waals surface area contributed by atoms with Gasteiger partial charge in [0.15, 0.2) is 5.78 Å². The van der Waals surface area contributed by atoms with Gasteiger partial charge in [0, 0.05) is 36.0 Å². The Kier molecular flexibility index (Phi) is 7.65. The van der Waals surface area contributed by atoms with Crippen LogP contribution in [0.2, 0.25) is 0 Å². The van der Waals surface area contributed by atoms with Gasteiger partial charge >= 0.3 is 0 Å². The Hall–Kier alpha value is -3.25. The molecule has 0 aliphatic carbocycles. The molecule has 2 N–H and O–H groups in total. The second-order valence-corrected chi connectivity index (χ2v) is 6.38. The summed E-state index contributed by atoms with van der Waals surface area (Å²) in [6, 6.07) is 16.0. The lowest BCUT2D eigenvalue weighted by molar-refractivity contribution is -0.127. The number of anilines is 1. The fourth-order valence-electron chi connectivity index (χ4n) is 2.55. The summed E-state index contributed by atoms with van der Waals surface area (Å²) in [5.74, 6) is -0.813. The van der Waals surface area contributed by atoms with Crippen molar-refractivity contribution in [1.82, 2.24) is 4.90 Å². The molecule has 0 spiro atoms. The molecule has 2 aromatic rings. The van der Waals surface area contributed by atoms with Crippen LogP contribution < -0.4 is 5.32 Å². The monoisotopic (exact) mass is 380 g/mol. The summed E-state index contributed by atoms with van der Waals surface area (Å²) in [5.41, 5.74) is 2.27. The Morgan fingerprint density at radius 1 is 1.00 bits per heavy atom. The van der Waals surface area contributed by atoms with Crippen molar-refractivity contribution in [1.29, 1.82) is 0 Å². The van der Waals surface area contributed by atoms with Crippen molar-refractivity contribution in [2.24, 2.45) is 0 Å². The number of nitrogens with zero attached hydrogens (tertiary/aromatic N) is 1. The predicted molar refractivity (Wildman–Crippen MR) is 108 cm³/mol. The van der Waals surface area contributed by atoms with Gasteiger partial charge in [0.05, 0.1) is 6.61 Å². The number of nitrogens with one attached hydrogen (secondary N) is 1. The molecule has 0 heterocycles. The SMILES string of the molecule is CC(=O)c1ccc(NC(=O)/C(C)=C\C(=O)N(CCO)Cc2ccccc2)cc1. The average Bonchev–Trinajstić information content (AvgIpc) is 2.68. The van der Waals surface area contributed by atoms with Crippen LogP contribution in [-0.4, -0.2) is 40.8 Å². The summed E-state index contributed by atoms with van der Waals surface area (Å²) in [4.78, 5) is 37.7. The lowest BCUT2D eigenvalue weighted by Gasteiger charge is -2.20. The topological polar surface area (TPSA) is 86.7 Å². The maximum absolute atomic E-state index is 12.5. The Bertz CT molecular complexity index is 858. The molecule has 0 fully saturated rings. The van der Waals surface area contributed by atoms with E-state index >= 15 is 0 Å². The van der Waals surface area contributed by atoms with Crippen LogP contribution in [0, 0.1) is 0 Å². The smallest absolute Gasteiger partial charge is 0.251 e. The molecule has 6 heteroatoms. The largest absolute Gasteiger partial charge is 0.395 e. The fourth-order valence-corrected chi connectivity index (χ4v) is 2.55. The molecule has 0 aromatic heterocycles. The van der Waals surface area contributed by atoms with E-state index in [0.29, 0.717) is 17.8 Å². The number of ketones is 1. The zero-order valence-electron chi connectivity index (χ0n) is 16.0. The van der Waals surface area contributed by atoms with E-state index < -0.39 is 5.91 Å². The summed E-state index contributed by atoms with van der Waals surface area (Å²) >= 11 is 0. The minimum atomic E-state index is -0.410. The first kappa shape index (κ1) is 21.1. The number of aliphatic hydroxyl groups excluding tert-OH is 1. The molecule has 0 aliphatic rings. The third-order valence-electron chi connectivity index (χ3n) is 4.15. The van der Waals surface area contributed by atoms with E-state index in [1.54, 1.807) is 31.2 Å². The van der Waals surface area contributed by atoms with Gasteiger partial charge in [-0.15, -0.1) is 0 Å². The van der Waals surface area contributed by atoms with Crippen LogP contribution in [0.25, 0.3) is 0 Å². The van der Waals surface area contributed by atoms with Crippen molar-refractivity contribution in [3.8, 4) is 0 Å². The van der Waals surface area contributed by atoms with Crippen molar-refractivity contribution >= 4 is 23.3 Å². The zero-order chi connectivity index (χ0) is 20.5. The Morgan fingerprint density at radius 3 is 2.21 bits per heavy atom. The molecule has 0 unspecified atom stereocenters. The highest BCUT2D eigenvalue weighted by Crippen LogP contribution is 2.12. The highest BCUT2D eigenvalue weighted by Gasteiger charge is 2.14. The van der Waals surface area contributed by atoms with E-state index in [2.05, 4.69) is 5.32 Å². The molecule has 0 aliphatic heterocycles. The molecule has 0 bridgehead atoms. The summed E-state index contributed by atoms with van der Waals surface area (Å²) in [5, 5.41) is 11.9. The number of hydrogen-bond donors (Lipinski definition) is 2. The van der Waals surface area contributed by atoms with E-state index in [4.69, 9.17) is 0 Å². The van der Waals surface area contributed by atoms with Gasteiger partial charge < -0.3 is 15.3 Å². The minimum absolute atomic E-state index is 0.0538. The van der Waals surface area contributed by atoms with Gasteiger partial charge in [-0.25, -0.2) is 0 Å². The number of rotatable bonds is 8. The number of carbonyl (C=O) groups excluding carboxylic acids is 3. The van der Waals surface area contributed by atoms with Gasteiger partial charge in [-0.1, -0.05) is 30.3 Å². The number of amides is 2. The molecule has 2 aromatic carbocycles. The normalized spacial score (nSPS) is 11.0. The quantitative estimate of drug-likeness (QED) is 0.545. The molecule has 2 amide bonds. The van der Waals surface area contributed by atoms with Crippen molar-refractivity contribution in [2.75, 3.05) is 18.5 Å². The van der Waals surface area contributed by atoms with Crippen LogP contribution >= 0.6 is 0 Å². The molecular weight excluding hydrogens is 356 g/mol. The van der Waals surface area contributed by atoms with E-state index in [1.807, 2.05) is 30.3 Å². The van der Waals surface area contributed by atoms with Gasteiger partial charge in [-0.2, -0.15) is 0 Å². The fraction of sp³-hybridized carbons (Fsp3) is 0.227. The van der Waals surface area contributed by atoms with Crippen LogP contribution in [0.15, 0.2) is 66.2 Å². The molecule has 146 valence electrons. The predicted octanol–water partition coefficient (Wildman–Crippen LogP) is 2.80. The molecule has 2 rings (SSSR count). The van der Waals surface area contributed by atoms with Crippen molar-refractivity contribution in [3.63, 3.8) is 0 Å². The summed E-state index contributed by atoms with van der Waals surface area (Å²) < 4.78 is 0. The maximum Gasteiger partial charge on any atom is 0.251 e. The first-order valence-corrected chi connectivity index (χ1v) is 8.95. The maximum atomic E-state index is 12.5. The molecular formula is C22H24N2O4. The summed E-state index contributed by atoms with van der Waals surface area (Å²) in [6.45, 7) is 3.38. The van der Waals surface area contributed by atoms with Crippen molar-refractivity contribution in [3.05, 3.63) is 77.4 Å². The standard InChI is InChI=1S/C22H24N2O4/c1-16(22(28)23-20-10-8-19(9-11-20)17(2)26)14-21(27)24(12-13-25)15-18-6-4-3-5-7-18/h3-11,14,25H,12-13,15H2,1-2H3,(H,23,28)/b16-14-. The minimum Gasteiger partial charge on any atom is -0.395 e. The van der Waals surface area contributed by atoms with E-state index in [0.717, 1.165) is 5.56 Å². The first-order valence-electron chi connectivity index (χ1n) is 8.95. The molecule has 28 heavy (non-hydrogen) atoms. The van der Waals surface area contributed by atoms with E-state index in [1.165, 1.54) is 17.9 Å². The molecule has 0 radical (unpaired) electrons. The lowest BCUT2D eigenvalue weighted by atomic mass is 10.1. The highest BCUT2D eigenvalue weighted by atomic mass is 16.3. The number of aliphatic hydroxyl groups is 1. The Morgan fingerprint density at radius 2 is 1.64 bits per heavy atom. The second-order valence-electron chi connectivity index (χ2n) is 6.38. The van der Waals surface area contributed by atoms with Crippen molar-refractivity contribution < 1.29 is 19.5 Å². The van der Waals surface area contributed by atoms with Crippen LogP contribution in [0.3, 0.4) is 0 Å². The van der Waals surface area contributed by atoms with E-state index in [-0.39, 0.29) is 30.4 Å². The third-order valence-corrected chi connectivity index (χ3v) is 4.15. The molecule has 0 atom stereocenters. The van der Waals surface area contributed by atoms with Gasteiger partial charge in [0.2, 0.25) is 5.91 Å². The summed E-state index contributed by atoms with van der Waals surface area (Å²) in [7, 11) is 0. The zero-order valence-corrected chi connectivity index (χ0v) is 16.0.